The molecule has 0 aromatic heterocycles. The van der Waals surface area contributed by atoms with Crippen molar-refractivity contribution in [3.8, 4) is 22.6 Å². The Hall–Kier alpha value is -3.12. The lowest BCUT2D eigenvalue weighted by Crippen LogP contribution is -2.04. The van der Waals surface area contributed by atoms with E-state index in [0.717, 1.165) is 63.4 Å². The van der Waals surface area contributed by atoms with E-state index in [-0.39, 0.29) is 20.2 Å². The van der Waals surface area contributed by atoms with Crippen molar-refractivity contribution in [2.24, 2.45) is 0 Å². The molecule has 1 N–H and O–H groups in total. The number of methoxy groups -OCH3 is 2. The van der Waals surface area contributed by atoms with Gasteiger partial charge < -0.3 is 24.1 Å². The molecule has 0 radical (unpaired) electrons. The minimum absolute atomic E-state index is 0.150. The Balaban J connectivity index is 1.95. The Morgan fingerprint density at radius 2 is 1.30 bits per heavy atom. The summed E-state index contributed by atoms with van der Waals surface area (Å²) in [4.78, 5) is 0. The maximum Gasteiger partial charge on any atom is 0.188 e. The molecule has 0 aliphatic carbocycles. The van der Waals surface area contributed by atoms with Gasteiger partial charge in [0.05, 0.1) is 0 Å². The highest BCUT2D eigenvalue weighted by Gasteiger charge is 2.19. The Labute approximate surface area is 194 Å². The van der Waals surface area contributed by atoms with E-state index in [0.29, 0.717) is 0 Å². The number of benzene rings is 4. The quantitative estimate of drug-likeness (QED) is 0.228. The predicted octanol–water partition coefficient (Wildman–Crippen LogP) is 5.94. The van der Waals surface area contributed by atoms with E-state index in [1.807, 2.05) is 24.3 Å². The van der Waals surface area contributed by atoms with Crippen LogP contribution < -0.4 is 9.47 Å². The van der Waals surface area contributed by atoms with E-state index in [1.54, 1.807) is 14.2 Å². The number of ether oxygens (including phenoxy) is 4. The summed E-state index contributed by atoms with van der Waals surface area (Å²) >= 11 is 0. The fraction of sp³-hybridized carbons (Fsp3) is 0.286. The van der Waals surface area contributed by atoms with Crippen molar-refractivity contribution in [2.45, 2.75) is 19.3 Å². The third kappa shape index (κ3) is 5.11. The summed E-state index contributed by atoms with van der Waals surface area (Å²) < 4.78 is 22.5. The highest BCUT2D eigenvalue weighted by Crippen LogP contribution is 2.45. The first-order valence-electron chi connectivity index (χ1n) is 11.2. The van der Waals surface area contributed by atoms with Crippen LogP contribution in [0, 0.1) is 0 Å². The van der Waals surface area contributed by atoms with Crippen LogP contribution in [0.15, 0.2) is 66.7 Å². The molecule has 4 rings (SSSR count). The number of unbranched alkanes of at least 4 members (excludes halogenated alkanes) is 1. The lowest BCUT2D eigenvalue weighted by molar-refractivity contribution is 0.0502. The van der Waals surface area contributed by atoms with E-state index in [2.05, 4.69) is 42.5 Å². The molecule has 0 bridgehead atoms. The molecule has 172 valence electrons. The molecule has 0 fully saturated rings. The predicted molar refractivity (Wildman–Crippen MR) is 132 cm³/mol. The molecule has 0 saturated carbocycles. The van der Waals surface area contributed by atoms with E-state index >= 15 is 0 Å². The highest BCUT2D eigenvalue weighted by atomic mass is 16.7. The monoisotopic (exact) mass is 446 g/mol. The standard InChI is InChI=1S/C28H30O5/c1-30-18-32-25-14-11-21-8-3-4-9-23(21)27(25)28-24-13-10-20(7-5-6-16-29)17-22(24)12-15-26(28)33-19-31-2/h3-4,8-15,17,29H,5-7,16,18-19H2,1-2H3. The zero-order valence-electron chi connectivity index (χ0n) is 19.2. The smallest absolute Gasteiger partial charge is 0.188 e. The van der Waals surface area contributed by atoms with E-state index in [4.69, 9.17) is 24.1 Å². The fourth-order valence-corrected chi connectivity index (χ4v) is 4.21. The van der Waals surface area contributed by atoms with Gasteiger partial charge in [0.2, 0.25) is 0 Å². The van der Waals surface area contributed by atoms with Gasteiger partial charge >= 0.3 is 0 Å². The summed E-state index contributed by atoms with van der Waals surface area (Å²) in [6.07, 6.45) is 2.70. The second kappa shape index (κ2) is 11.1. The fourth-order valence-electron chi connectivity index (χ4n) is 4.21. The molecular formula is C28H30O5. The number of aliphatic hydroxyl groups is 1. The maximum atomic E-state index is 9.11. The second-order valence-electron chi connectivity index (χ2n) is 7.94. The first-order chi connectivity index (χ1) is 16.3. The SMILES string of the molecule is COCOc1ccc2ccccc2c1-c1c(OCOC)ccc2cc(CCCCO)ccc12. The summed E-state index contributed by atoms with van der Waals surface area (Å²) in [7, 11) is 3.23. The third-order valence-corrected chi connectivity index (χ3v) is 5.72. The summed E-state index contributed by atoms with van der Waals surface area (Å²) in [6, 6.07) is 22.9. The largest absolute Gasteiger partial charge is 0.467 e. The van der Waals surface area contributed by atoms with Gasteiger partial charge in [-0.3, -0.25) is 0 Å². The summed E-state index contributed by atoms with van der Waals surface area (Å²) in [5.74, 6) is 1.47. The molecule has 0 spiro atoms. The van der Waals surface area contributed by atoms with Crippen molar-refractivity contribution >= 4 is 21.5 Å². The van der Waals surface area contributed by atoms with Crippen LogP contribution in [-0.4, -0.2) is 39.5 Å². The van der Waals surface area contributed by atoms with Crippen LogP contribution >= 0.6 is 0 Å². The number of hydrogen-bond donors (Lipinski definition) is 1. The molecule has 0 heterocycles. The van der Waals surface area contributed by atoms with Gasteiger partial charge in [-0.25, -0.2) is 0 Å². The minimum atomic E-state index is 0.150. The normalized spacial score (nSPS) is 11.2. The van der Waals surface area contributed by atoms with Gasteiger partial charge in [-0.15, -0.1) is 0 Å². The third-order valence-electron chi connectivity index (χ3n) is 5.72. The zero-order valence-corrected chi connectivity index (χ0v) is 19.2. The Morgan fingerprint density at radius 1 is 0.667 bits per heavy atom. The minimum Gasteiger partial charge on any atom is -0.467 e. The second-order valence-corrected chi connectivity index (χ2v) is 7.94. The van der Waals surface area contributed by atoms with Crippen molar-refractivity contribution in [1.29, 1.82) is 0 Å². The van der Waals surface area contributed by atoms with Crippen LogP contribution in [0.1, 0.15) is 18.4 Å². The van der Waals surface area contributed by atoms with Gasteiger partial charge in [0, 0.05) is 32.0 Å². The van der Waals surface area contributed by atoms with Crippen molar-refractivity contribution in [1.82, 2.24) is 0 Å². The van der Waals surface area contributed by atoms with E-state index in [9.17, 15) is 0 Å². The van der Waals surface area contributed by atoms with Crippen molar-refractivity contribution in [3.05, 3.63) is 72.3 Å². The van der Waals surface area contributed by atoms with Gasteiger partial charge in [-0.2, -0.15) is 0 Å². The molecule has 4 aromatic rings. The maximum absolute atomic E-state index is 9.11. The van der Waals surface area contributed by atoms with Crippen LogP contribution in [0.4, 0.5) is 0 Å². The van der Waals surface area contributed by atoms with Crippen LogP contribution in [0.2, 0.25) is 0 Å². The summed E-state index contributed by atoms with van der Waals surface area (Å²) in [6.45, 7) is 0.527. The zero-order chi connectivity index (χ0) is 23.0. The van der Waals surface area contributed by atoms with Crippen LogP contribution in [0.3, 0.4) is 0 Å². The number of rotatable bonds is 11. The molecular weight excluding hydrogens is 416 g/mol. The lowest BCUT2D eigenvalue weighted by atomic mass is 9.91. The molecule has 33 heavy (non-hydrogen) atoms. The van der Waals surface area contributed by atoms with Crippen molar-refractivity contribution in [2.75, 3.05) is 34.4 Å². The van der Waals surface area contributed by atoms with Crippen molar-refractivity contribution in [3.63, 3.8) is 0 Å². The number of aliphatic hydroxyl groups excluding tert-OH is 1. The van der Waals surface area contributed by atoms with Gasteiger partial charge in [-0.1, -0.05) is 54.6 Å². The van der Waals surface area contributed by atoms with Crippen LogP contribution in [0.25, 0.3) is 32.7 Å². The van der Waals surface area contributed by atoms with Crippen LogP contribution in [-0.2, 0) is 15.9 Å². The summed E-state index contributed by atoms with van der Waals surface area (Å²) in [5, 5.41) is 13.5. The molecule has 0 unspecified atom stereocenters. The highest BCUT2D eigenvalue weighted by molar-refractivity contribution is 6.09. The number of aryl methyl sites for hydroxylation is 1. The van der Waals surface area contributed by atoms with E-state index < -0.39 is 0 Å². The molecule has 0 aliphatic rings. The molecule has 0 amide bonds. The summed E-state index contributed by atoms with van der Waals surface area (Å²) in [5.41, 5.74) is 3.19. The van der Waals surface area contributed by atoms with Gasteiger partial charge in [0.25, 0.3) is 0 Å². The Bertz CT molecular complexity index is 1220. The average molecular weight is 447 g/mol. The molecule has 0 saturated heterocycles. The molecule has 4 aromatic carbocycles. The Morgan fingerprint density at radius 3 is 1.97 bits per heavy atom. The molecule has 0 aliphatic heterocycles. The lowest BCUT2D eigenvalue weighted by Gasteiger charge is -2.19. The first kappa shape index (κ1) is 23.1. The topological polar surface area (TPSA) is 57.2 Å². The molecule has 5 nitrogen and oxygen atoms in total. The molecule has 5 heteroatoms. The van der Waals surface area contributed by atoms with Gasteiger partial charge in [-0.05, 0) is 58.5 Å². The van der Waals surface area contributed by atoms with E-state index in [1.165, 1.54) is 5.56 Å². The number of hydrogen-bond acceptors (Lipinski definition) is 5. The van der Waals surface area contributed by atoms with Crippen molar-refractivity contribution < 1.29 is 24.1 Å². The number of fused-ring (bicyclic) bond motifs is 2. The average Bonchev–Trinajstić information content (AvgIpc) is 2.85. The van der Waals surface area contributed by atoms with Gasteiger partial charge in [0.1, 0.15) is 11.5 Å². The Kier molecular flexibility index (Phi) is 7.79. The molecule has 0 atom stereocenters. The van der Waals surface area contributed by atoms with Crippen LogP contribution in [0.5, 0.6) is 11.5 Å². The van der Waals surface area contributed by atoms with Gasteiger partial charge in [0.15, 0.2) is 13.6 Å². The first-order valence-corrected chi connectivity index (χ1v) is 11.2.